The van der Waals surface area contributed by atoms with E-state index in [0.717, 1.165) is 37.5 Å². The van der Waals surface area contributed by atoms with Gasteiger partial charge in [0.2, 0.25) is 5.91 Å². The van der Waals surface area contributed by atoms with Gasteiger partial charge in [-0.05, 0) is 61.0 Å². The van der Waals surface area contributed by atoms with Gasteiger partial charge in [0.1, 0.15) is 0 Å². The molecule has 2 aromatic rings. The van der Waals surface area contributed by atoms with E-state index < -0.39 is 0 Å². The van der Waals surface area contributed by atoms with Crippen LogP contribution in [-0.2, 0) is 21.5 Å². The highest BCUT2D eigenvalue weighted by atomic mass is 35.5. The lowest BCUT2D eigenvalue weighted by Crippen LogP contribution is -2.50. The summed E-state index contributed by atoms with van der Waals surface area (Å²) in [6, 6.07) is 16.6. The molecule has 1 aliphatic heterocycles. The van der Waals surface area contributed by atoms with Gasteiger partial charge < -0.3 is 10.1 Å². The summed E-state index contributed by atoms with van der Waals surface area (Å²) in [4.78, 5) is 14.9. The number of hydrogen-bond acceptors (Lipinski definition) is 4. The van der Waals surface area contributed by atoms with Crippen LogP contribution in [0.5, 0.6) is 0 Å². The Balaban J connectivity index is 1.54. The molecule has 1 N–H and O–H groups in total. The Morgan fingerprint density at radius 2 is 1.90 bits per heavy atom. The van der Waals surface area contributed by atoms with Crippen molar-refractivity contribution in [3.05, 3.63) is 70.2 Å². The number of likely N-dealkylation sites (tertiary alicyclic amines) is 1. The fourth-order valence-corrected chi connectivity index (χ4v) is 5.70. The third-order valence-electron chi connectivity index (χ3n) is 6.59. The van der Waals surface area contributed by atoms with Crippen LogP contribution in [0.1, 0.15) is 35.6 Å². The Labute approximate surface area is 188 Å². The van der Waals surface area contributed by atoms with E-state index in [9.17, 15) is 4.79 Å². The largest absolute Gasteiger partial charge is 0.378 e. The number of halogens is 1. The van der Waals surface area contributed by atoms with Crippen molar-refractivity contribution in [1.82, 2.24) is 10.2 Å². The van der Waals surface area contributed by atoms with Gasteiger partial charge in [0, 0.05) is 24.1 Å². The Bertz CT molecular complexity index is 881. The minimum atomic E-state index is -0.0892. The lowest BCUT2D eigenvalue weighted by molar-refractivity contribution is -0.121. The van der Waals surface area contributed by atoms with Crippen molar-refractivity contribution in [3.8, 4) is 0 Å². The van der Waals surface area contributed by atoms with Crippen molar-refractivity contribution in [2.24, 2.45) is 0 Å². The Morgan fingerprint density at radius 1 is 1.20 bits per heavy atom. The number of hydrogen-bond donors (Lipinski definition) is 1. The highest BCUT2D eigenvalue weighted by Gasteiger charge is 2.53. The second kappa shape index (κ2) is 9.31. The van der Waals surface area contributed by atoms with E-state index in [4.69, 9.17) is 16.3 Å². The number of piperidine rings is 1. The molecule has 0 aromatic heterocycles. The molecular formula is C24H29ClN2O2S. The first-order chi connectivity index (χ1) is 14.6. The van der Waals surface area contributed by atoms with Gasteiger partial charge in [0.15, 0.2) is 0 Å². The first kappa shape index (κ1) is 21.7. The molecule has 1 fully saturated rings. The number of nitrogens with one attached hydrogen (secondary N) is 1. The van der Waals surface area contributed by atoms with Crippen molar-refractivity contribution in [1.29, 1.82) is 0 Å². The summed E-state index contributed by atoms with van der Waals surface area (Å²) in [7, 11) is 1.78. The topological polar surface area (TPSA) is 41.6 Å². The van der Waals surface area contributed by atoms with Gasteiger partial charge in [-0.2, -0.15) is 11.8 Å². The molecule has 0 radical (unpaired) electrons. The van der Waals surface area contributed by atoms with Crippen molar-refractivity contribution in [2.75, 3.05) is 32.2 Å². The van der Waals surface area contributed by atoms with E-state index in [1.165, 1.54) is 16.7 Å². The van der Waals surface area contributed by atoms with Gasteiger partial charge in [-0.3, -0.25) is 9.69 Å². The molecule has 1 heterocycles. The summed E-state index contributed by atoms with van der Waals surface area (Å²) in [5.41, 5.74) is 3.79. The van der Waals surface area contributed by atoms with Gasteiger partial charge in [0.25, 0.3) is 0 Å². The number of benzene rings is 2. The monoisotopic (exact) mass is 444 g/mol. The number of amides is 1. The highest BCUT2D eigenvalue weighted by Crippen LogP contribution is 2.52. The van der Waals surface area contributed by atoms with Crippen LogP contribution in [0.4, 0.5) is 0 Å². The fourth-order valence-electron chi connectivity index (χ4n) is 5.23. The predicted molar refractivity (Wildman–Crippen MR) is 124 cm³/mol. The zero-order chi connectivity index (χ0) is 21.1. The van der Waals surface area contributed by atoms with E-state index in [2.05, 4.69) is 46.6 Å². The molecule has 2 aromatic carbocycles. The second-order valence-corrected chi connectivity index (χ2v) is 9.58. The second-order valence-electron chi connectivity index (χ2n) is 8.28. The number of rotatable bonds is 6. The predicted octanol–water partition coefficient (Wildman–Crippen LogP) is 4.42. The number of carbonyl (C=O) groups excluding carboxylic acids is 1. The smallest absolute Gasteiger partial charge is 0.230 e. The van der Waals surface area contributed by atoms with Crippen molar-refractivity contribution in [2.45, 2.75) is 36.9 Å². The van der Waals surface area contributed by atoms with Crippen molar-refractivity contribution >= 4 is 29.3 Å². The average molecular weight is 445 g/mol. The molecule has 1 amide bonds. The number of nitrogens with zero attached hydrogens (tertiary/aromatic N) is 1. The van der Waals surface area contributed by atoms with Gasteiger partial charge in [-0.1, -0.05) is 48.0 Å². The zero-order valence-electron chi connectivity index (χ0n) is 17.6. The number of fused-ring (bicyclic) bond motifs is 2. The number of methoxy groups -OCH3 is 1. The van der Waals surface area contributed by atoms with Crippen LogP contribution in [0.3, 0.4) is 0 Å². The van der Waals surface area contributed by atoms with Crippen LogP contribution >= 0.6 is 23.4 Å². The van der Waals surface area contributed by atoms with E-state index in [1.807, 2.05) is 18.4 Å². The van der Waals surface area contributed by atoms with Crippen LogP contribution < -0.4 is 5.32 Å². The molecule has 0 saturated carbocycles. The van der Waals surface area contributed by atoms with Crippen LogP contribution in [-0.4, -0.2) is 49.1 Å². The first-order valence-corrected chi connectivity index (χ1v) is 12.2. The molecule has 4 nitrogen and oxygen atoms in total. The number of carbonyl (C=O) groups is 1. The summed E-state index contributed by atoms with van der Waals surface area (Å²) < 4.78 is 6.09. The van der Waals surface area contributed by atoms with E-state index in [0.29, 0.717) is 5.75 Å². The molecule has 6 heteroatoms. The van der Waals surface area contributed by atoms with Crippen LogP contribution in [0.25, 0.3) is 0 Å². The van der Waals surface area contributed by atoms with Gasteiger partial charge in [-0.25, -0.2) is 0 Å². The van der Waals surface area contributed by atoms with Crippen LogP contribution in [0.15, 0.2) is 48.5 Å². The molecular weight excluding hydrogens is 416 g/mol. The SMILES string of the molecule is CO[C@@H]1[C@@H](NC(=O)CSC)c2ccccc2C12CCN(Cc1ccc(Cl)cc1)CC2. The standard InChI is InChI=1S/C24H29ClN2O2S/c1-29-23-22(26-21(28)16-30-2)19-5-3-4-6-20(19)24(23)11-13-27(14-12-24)15-17-7-9-18(25)10-8-17/h3-10,22-23H,11-16H2,1-2H3,(H,26,28)/t22-,23+/m0/s1. The molecule has 1 spiro atoms. The summed E-state index contributed by atoms with van der Waals surface area (Å²) in [6.45, 7) is 2.94. The summed E-state index contributed by atoms with van der Waals surface area (Å²) >= 11 is 7.57. The molecule has 1 saturated heterocycles. The van der Waals surface area contributed by atoms with E-state index in [-0.39, 0.29) is 23.5 Å². The summed E-state index contributed by atoms with van der Waals surface area (Å²) in [5.74, 6) is 0.540. The molecule has 2 atom stereocenters. The Kier molecular flexibility index (Phi) is 6.73. The quantitative estimate of drug-likeness (QED) is 0.715. The number of thioether (sulfide) groups is 1. The molecule has 160 valence electrons. The molecule has 30 heavy (non-hydrogen) atoms. The van der Waals surface area contributed by atoms with Crippen LogP contribution in [0, 0.1) is 0 Å². The van der Waals surface area contributed by atoms with E-state index in [1.54, 1.807) is 18.9 Å². The third-order valence-corrected chi connectivity index (χ3v) is 7.40. The highest BCUT2D eigenvalue weighted by molar-refractivity contribution is 7.99. The normalized spacial score (nSPS) is 22.8. The first-order valence-electron chi connectivity index (χ1n) is 10.4. The Hall–Kier alpha value is -1.53. The molecule has 2 aliphatic rings. The lowest BCUT2D eigenvalue weighted by Gasteiger charge is -2.44. The maximum Gasteiger partial charge on any atom is 0.230 e. The molecule has 4 rings (SSSR count). The van der Waals surface area contributed by atoms with Gasteiger partial charge in [-0.15, -0.1) is 0 Å². The minimum absolute atomic E-state index is 0.0432. The minimum Gasteiger partial charge on any atom is -0.378 e. The molecule has 1 aliphatic carbocycles. The van der Waals surface area contributed by atoms with Gasteiger partial charge >= 0.3 is 0 Å². The maximum absolute atomic E-state index is 12.4. The summed E-state index contributed by atoms with van der Waals surface area (Å²) in [5, 5.41) is 4.03. The molecule has 0 bridgehead atoms. The van der Waals surface area contributed by atoms with Crippen molar-refractivity contribution < 1.29 is 9.53 Å². The van der Waals surface area contributed by atoms with Crippen LogP contribution in [0.2, 0.25) is 5.02 Å². The maximum atomic E-state index is 12.4. The fraction of sp³-hybridized carbons (Fsp3) is 0.458. The molecule has 0 unspecified atom stereocenters. The zero-order valence-corrected chi connectivity index (χ0v) is 19.1. The lowest BCUT2D eigenvalue weighted by atomic mass is 9.72. The van der Waals surface area contributed by atoms with E-state index >= 15 is 0 Å². The summed E-state index contributed by atoms with van der Waals surface area (Å²) in [6.07, 6.45) is 3.95. The number of ether oxygens (including phenoxy) is 1. The van der Waals surface area contributed by atoms with Crippen molar-refractivity contribution in [3.63, 3.8) is 0 Å². The average Bonchev–Trinajstić information content (AvgIpc) is 3.00. The third kappa shape index (κ3) is 4.13. The Morgan fingerprint density at radius 3 is 2.57 bits per heavy atom. The van der Waals surface area contributed by atoms with Gasteiger partial charge in [0.05, 0.1) is 17.9 Å².